The predicted molar refractivity (Wildman–Crippen MR) is 109 cm³/mol. The smallest absolute Gasteiger partial charge is 0.360 e. The highest BCUT2D eigenvalue weighted by atomic mass is 16.5. The van der Waals surface area contributed by atoms with Gasteiger partial charge in [-0.2, -0.15) is 0 Å². The van der Waals surface area contributed by atoms with Gasteiger partial charge in [-0.3, -0.25) is 0 Å². The van der Waals surface area contributed by atoms with Gasteiger partial charge < -0.3 is 9.30 Å². The fourth-order valence-electron chi connectivity index (χ4n) is 3.87. The molecule has 5 rings (SSSR count). The van der Waals surface area contributed by atoms with E-state index in [-0.39, 0.29) is 5.97 Å². The van der Waals surface area contributed by atoms with E-state index in [1.807, 2.05) is 42.5 Å². The van der Waals surface area contributed by atoms with E-state index in [1.165, 1.54) is 11.1 Å². The minimum absolute atomic E-state index is 0.356. The van der Waals surface area contributed by atoms with Crippen molar-refractivity contribution < 1.29 is 9.53 Å². The molecular weight excluding hydrogens is 346 g/mol. The van der Waals surface area contributed by atoms with E-state index in [9.17, 15) is 4.79 Å². The van der Waals surface area contributed by atoms with Gasteiger partial charge in [0.25, 0.3) is 0 Å². The monoisotopic (exact) mass is 364 g/mol. The summed E-state index contributed by atoms with van der Waals surface area (Å²) in [5, 5.41) is 0. The number of para-hydroxylation sites is 1. The number of aromatic nitrogens is 1. The topological polar surface area (TPSA) is 31.2 Å². The van der Waals surface area contributed by atoms with Gasteiger partial charge in [0.15, 0.2) is 0 Å². The van der Waals surface area contributed by atoms with E-state index >= 15 is 0 Å². The molecule has 3 nitrogen and oxygen atoms in total. The summed E-state index contributed by atoms with van der Waals surface area (Å²) in [6.45, 7) is 0.752. The van der Waals surface area contributed by atoms with Gasteiger partial charge in [0.05, 0.1) is 5.69 Å². The Morgan fingerprint density at radius 1 is 0.893 bits per heavy atom. The quantitative estimate of drug-likeness (QED) is 0.360. The number of hydrogen-bond acceptors (Lipinski definition) is 2. The van der Waals surface area contributed by atoms with Crippen molar-refractivity contribution in [1.29, 1.82) is 0 Å². The van der Waals surface area contributed by atoms with Gasteiger partial charge in [0, 0.05) is 23.7 Å². The van der Waals surface area contributed by atoms with Gasteiger partial charge in [0.1, 0.15) is 11.4 Å². The Morgan fingerprint density at radius 2 is 1.68 bits per heavy atom. The van der Waals surface area contributed by atoms with Crippen LogP contribution < -0.4 is 4.74 Å². The van der Waals surface area contributed by atoms with Crippen LogP contribution in [0, 0.1) is 6.07 Å². The standard InChI is InChI=1S/C25H18NO2/c27-25(28-20-12-5-2-6-13-20)23-17-22(18-9-3-1-4-10-18)24-21-14-8-7-11-19(21)15-16-26(23)24/h1-12,14,17H,15-16H2. The third-order valence-electron chi connectivity index (χ3n) is 5.15. The van der Waals surface area contributed by atoms with Crippen LogP contribution in [0.5, 0.6) is 5.75 Å². The maximum absolute atomic E-state index is 13.0. The minimum atomic E-state index is -0.356. The molecule has 3 aromatic carbocycles. The van der Waals surface area contributed by atoms with Crippen molar-refractivity contribution in [3.63, 3.8) is 0 Å². The maximum atomic E-state index is 13.0. The Kier molecular flexibility index (Phi) is 4.06. The molecule has 1 aromatic heterocycles. The first kappa shape index (κ1) is 16.6. The summed E-state index contributed by atoms with van der Waals surface area (Å²) in [5.74, 6) is 0.0748. The molecule has 1 aliphatic rings. The van der Waals surface area contributed by atoms with Crippen LogP contribution >= 0.6 is 0 Å². The van der Waals surface area contributed by atoms with Gasteiger partial charge in [-0.25, -0.2) is 4.79 Å². The van der Waals surface area contributed by atoms with Crippen molar-refractivity contribution in [2.24, 2.45) is 0 Å². The number of ether oxygens (including phenoxy) is 1. The molecular formula is C25H18NO2. The fourth-order valence-corrected chi connectivity index (χ4v) is 3.87. The first-order valence-corrected chi connectivity index (χ1v) is 9.37. The van der Waals surface area contributed by atoms with Gasteiger partial charge in [-0.15, -0.1) is 0 Å². The lowest BCUT2D eigenvalue weighted by atomic mass is 9.94. The molecule has 0 saturated carbocycles. The van der Waals surface area contributed by atoms with E-state index in [0.29, 0.717) is 11.4 Å². The second-order valence-electron chi connectivity index (χ2n) is 6.83. The number of hydrogen-bond donors (Lipinski definition) is 0. The summed E-state index contributed by atoms with van der Waals surface area (Å²) in [5.41, 5.74) is 6.28. The molecule has 2 heterocycles. The van der Waals surface area contributed by atoms with Crippen molar-refractivity contribution in [2.45, 2.75) is 13.0 Å². The molecule has 3 heteroatoms. The fraction of sp³-hybridized carbons (Fsp3) is 0.0800. The SMILES string of the molecule is O=C(Oc1[c]cccc1)c1cc(-c2ccccc2)c2n1CCc1ccccc1-2. The average molecular weight is 364 g/mol. The molecule has 0 saturated heterocycles. The molecule has 0 unspecified atom stereocenters. The third kappa shape index (κ3) is 2.81. The predicted octanol–water partition coefficient (Wildman–Crippen LogP) is 5.40. The van der Waals surface area contributed by atoms with E-state index < -0.39 is 0 Å². The highest BCUT2D eigenvalue weighted by Gasteiger charge is 2.27. The zero-order chi connectivity index (χ0) is 18.9. The van der Waals surface area contributed by atoms with Crippen molar-refractivity contribution in [2.75, 3.05) is 0 Å². The Bertz CT molecular complexity index is 1140. The number of nitrogens with zero attached hydrogens (tertiary/aromatic N) is 1. The van der Waals surface area contributed by atoms with Crippen LogP contribution in [0.4, 0.5) is 0 Å². The van der Waals surface area contributed by atoms with E-state index in [2.05, 4.69) is 41.0 Å². The Labute approximate surface area is 163 Å². The van der Waals surface area contributed by atoms with Gasteiger partial charge in [0.2, 0.25) is 0 Å². The largest absolute Gasteiger partial charge is 0.421 e. The van der Waals surface area contributed by atoms with Crippen LogP contribution in [0.3, 0.4) is 0 Å². The van der Waals surface area contributed by atoms with Crippen molar-refractivity contribution >= 4 is 5.97 Å². The maximum Gasteiger partial charge on any atom is 0.360 e. The number of carbonyl (C=O) groups is 1. The summed E-state index contributed by atoms with van der Waals surface area (Å²) in [7, 11) is 0. The third-order valence-corrected chi connectivity index (χ3v) is 5.15. The van der Waals surface area contributed by atoms with Crippen molar-refractivity contribution in [3.05, 3.63) is 102 Å². The Balaban J connectivity index is 1.66. The molecule has 0 spiro atoms. The molecule has 1 radical (unpaired) electrons. The normalized spacial score (nSPS) is 12.1. The molecule has 0 aliphatic carbocycles. The summed E-state index contributed by atoms with van der Waals surface area (Å²) >= 11 is 0. The zero-order valence-corrected chi connectivity index (χ0v) is 15.3. The van der Waals surface area contributed by atoms with E-state index in [1.54, 1.807) is 12.1 Å². The van der Waals surface area contributed by atoms with Crippen LogP contribution in [0.1, 0.15) is 16.1 Å². The number of rotatable bonds is 3. The minimum Gasteiger partial charge on any atom is -0.421 e. The number of benzene rings is 3. The zero-order valence-electron chi connectivity index (χ0n) is 15.3. The summed E-state index contributed by atoms with van der Waals surface area (Å²) in [4.78, 5) is 13.0. The van der Waals surface area contributed by atoms with Crippen LogP contribution in [0.25, 0.3) is 22.4 Å². The molecule has 0 fully saturated rings. The van der Waals surface area contributed by atoms with E-state index in [0.717, 1.165) is 29.8 Å². The second-order valence-corrected chi connectivity index (χ2v) is 6.83. The first-order chi connectivity index (χ1) is 13.8. The summed E-state index contributed by atoms with van der Waals surface area (Å²) in [6, 6.07) is 30.7. The average Bonchev–Trinajstić information content (AvgIpc) is 3.15. The lowest BCUT2D eigenvalue weighted by molar-refractivity contribution is 0.0723. The van der Waals surface area contributed by atoms with Crippen molar-refractivity contribution in [3.8, 4) is 28.1 Å². The van der Waals surface area contributed by atoms with Crippen molar-refractivity contribution in [1.82, 2.24) is 4.57 Å². The lowest BCUT2D eigenvalue weighted by Crippen LogP contribution is -2.19. The summed E-state index contributed by atoms with van der Waals surface area (Å²) < 4.78 is 7.68. The van der Waals surface area contributed by atoms with Crippen LogP contribution in [-0.4, -0.2) is 10.5 Å². The van der Waals surface area contributed by atoms with Crippen LogP contribution in [0.15, 0.2) is 84.9 Å². The number of carbonyl (C=O) groups excluding carboxylic acids is 1. The molecule has 28 heavy (non-hydrogen) atoms. The van der Waals surface area contributed by atoms with Gasteiger partial charge >= 0.3 is 5.97 Å². The van der Waals surface area contributed by atoms with E-state index in [4.69, 9.17) is 4.74 Å². The molecule has 4 aromatic rings. The first-order valence-electron chi connectivity index (χ1n) is 9.37. The molecule has 0 amide bonds. The lowest BCUT2D eigenvalue weighted by Gasteiger charge is -2.22. The van der Waals surface area contributed by atoms with Crippen LogP contribution in [0.2, 0.25) is 0 Å². The number of aryl methyl sites for hydroxylation is 1. The highest BCUT2D eigenvalue weighted by molar-refractivity contribution is 5.96. The number of fused-ring (bicyclic) bond motifs is 3. The molecule has 135 valence electrons. The highest BCUT2D eigenvalue weighted by Crippen LogP contribution is 2.40. The molecule has 0 atom stereocenters. The summed E-state index contributed by atoms with van der Waals surface area (Å²) in [6.07, 6.45) is 0.893. The Hall–Kier alpha value is -3.59. The van der Waals surface area contributed by atoms with Gasteiger partial charge in [-0.1, -0.05) is 72.8 Å². The molecule has 1 aliphatic heterocycles. The van der Waals surface area contributed by atoms with Crippen LogP contribution in [-0.2, 0) is 13.0 Å². The number of esters is 1. The second kappa shape index (κ2) is 6.86. The Morgan fingerprint density at radius 3 is 2.50 bits per heavy atom. The molecule has 0 N–H and O–H groups in total. The van der Waals surface area contributed by atoms with Gasteiger partial charge in [-0.05, 0) is 29.7 Å². The molecule has 0 bridgehead atoms.